The minimum absolute atomic E-state index is 0.0209. The molecular formula is C39H39N5O2. The third-order valence-corrected chi connectivity index (χ3v) is 9.13. The molecule has 0 aliphatic carbocycles. The number of carbonyl (C=O) groups is 1. The van der Waals surface area contributed by atoms with Crippen LogP contribution in [-0.4, -0.2) is 40.1 Å². The molecule has 0 radical (unpaired) electrons. The highest BCUT2D eigenvalue weighted by atomic mass is 16.5. The predicted octanol–water partition coefficient (Wildman–Crippen LogP) is 7.04. The Bertz CT molecular complexity index is 1950. The summed E-state index contributed by atoms with van der Waals surface area (Å²) in [7, 11) is 0. The molecule has 1 aromatic heterocycles. The number of nitrogens with one attached hydrogen (secondary N) is 1. The van der Waals surface area contributed by atoms with Gasteiger partial charge in [0.05, 0.1) is 31.1 Å². The van der Waals surface area contributed by atoms with Gasteiger partial charge in [0.25, 0.3) is 0 Å². The highest BCUT2D eigenvalue weighted by Gasteiger charge is 2.30. The molecule has 1 aliphatic heterocycles. The molecule has 1 aliphatic rings. The molecule has 5 aromatic carbocycles. The summed E-state index contributed by atoms with van der Waals surface area (Å²) in [5, 5.41) is 17.1. The lowest BCUT2D eigenvalue weighted by Gasteiger charge is -2.32. The second-order valence-electron chi connectivity index (χ2n) is 12.2. The highest BCUT2D eigenvalue weighted by molar-refractivity contribution is 5.91. The van der Waals surface area contributed by atoms with Gasteiger partial charge in [-0.05, 0) is 81.9 Å². The third kappa shape index (κ3) is 6.71. The van der Waals surface area contributed by atoms with E-state index >= 15 is 0 Å². The van der Waals surface area contributed by atoms with Gasteiger partial charge in [-0.25, -0.2) is 4.68 Å². The van der Waals surface area contributed by atoms with Crippen LogP contribution in [0.2, 0.25) is 0 Å². The van der Waals surface area contributed by atoms with Gasteiger partial charge in [0, 0.05) is 31.6 Å². The Hall–Kier alpha value is -4.85. The summed E-state index contributed by atoms with van der Waals surface area (Å²) < 4.78 is 8.57. The molecule has 0 unspecified atom stereocenters. The zero-order chi connectivity index (χ0) is 31.3. The van der Waals surface area contributed by atoms with Crippen molar-refractivity contribution in [1.29, 1.82) is 0 Å². The van der Waals surface area contributed by atoms with Crippen molar-refractivity contribution in [2.75, 3.05) is 18.0 Å². The quantitative estimate of drug-likeness (QED) is 0.180. The lowest BCUT2D eigenvalue weighted by atomic mass is 9.91. The van der Waals surface area contributed by atoms with Crippen molar-refractivity contribution in [3.05, 3.63) is 138 Å². The Morgan fingerprint density at radius 1 is 0.848 bits per heavy atom. The van der Waals surface area contributed by atoms with Crippen LogP contribution in [0.25, 0.3) is 21.5 Å². The third-order valence-electron chi connectivity index (χ3n) is 9.13. The molecule has 1 fully saturated rings. The summed E-state index contributed by atoms with van der Waals surface area (Å²) in [4.78, 5) is 14.5. The Balaban J connectivity index is 0.994. The number of piperidine rings is 1. The normalized spacial score (nSPS) is 16.5. The van der Waals surface area contributed by atoms with Gasteiger partial charge in [-0.2, -0.15) is 0 Å². The van der Waals surface area contributed by atoms with Crippen LogP contribution < -0.4 is 10.2 Å². The molecule has 2 atom stereocenters. The maximum absolute atomic E-state index is 12.7. The summed E-state index contributed by atoms with van der Waals surface area (Å²) in [6.45, 7) is 5.20. The zero-order valence-corrected chi connectivity index (χ0v) is 26.2. The molecule has 0 bridgehead atoms. The fraction of sp³-hybridized carbons (Fsp3) is 0.256. The van der Waals surface area contributed by atoms with Crippen LogP contribution in [-0.2, 0) is 35.6 Å². The lowest BCUT2D eigenvalue weighted by molar-refractivity contribution is -0.116. The number of rotatable bonds is 10. The number of hydrogen-bond donors (Lipinski definition) is 1. The van der Waals surface area contributed by atoms with E-state index in [9.17, 15) is 4.79 Å². The van der Waals surface area contributed by atoms with Crippen LogP contribution in [0.5, 0.6) is 0 Å². The molecule has 1 amide bonds. The minimum atomic E-state index is 0.0209. The second-order valence-corrected chi connectivity index (χ2v) is 12.2. The fourth-order valence-corrected chi connectivity index (χ4v) is 6.58. The fourth-order valence-electron chi connectivity index (χ4n) is 6.58. The number of ether oxygens (including phenoxy) is 1. The smallest absolute Gasteiger partial charge is 0.224 e. The summed E-state index contributed by atoms with van der Waals surface area (Å²) >= 11 is 0. The van der Waals surface area contributed by atoms with Crippen LogP contribution in [0.15, 0.2) is 115 Å². The first-order chi connectivity index (χ1) is 22.6. The second kappa shape index (κ2) is 13.6. The number of nitrogens with zero attached hydrogens (tertiary/aromatic N) is 4. The molecule has 2 heterocycles. The van der Waals surface area contributed by atoms with Crippen LogP contribution in [0, 0.1) is 0 Å². The number of hydrogen-bond acceptors (Lipinski definition) is 5. The van der Waals surface area contributed by atoms with Crippen LogP contribution >= 0.6 is 0 Å². The van der Waals surface area contributed by atoms with E-state index in [1.165, 1.54) is 32.7 Å². The van der Waals surface area contributed by atoms with E-state index in [-0.39, 0.29) is 17.9 Å². The van der Waals surface area contributed by atoms with Gasteiger partial charge in [-0.3, -0.25) is 4.79 Å². The van der Waals surface area contributed by atoms with Gasteiger partial charge in [0.1, 0.15) is 0 Å². The van der Waals surface area contributed by atoms with E-state index in [0.29, 0.717) is 13.2 Å². The van der Waals surface area contributed by atoms with E-state index in [4.69, 9.17) is 4.74 Å². The number of fused-ring (bicyclic) bond motifs is 2. The van der Waals surface area contributed by atoms with Crippen molar-refractivity contribution in [2.45, 2.75) is 51.5 Å². The van der Waals surface area contributed by atoms with Gasteiger partial charge in [-0.1, -0.05) is 90.1 Å². The standard InChI is InChI=1S/C39H39N5O2/c1-28(45)43(26-30-10-14-32-6-2-4-8-34(32)22-30)36-16-12-29(13-17-36)19-21-44-38(24-41-42-44)37-18-20-40-25-39(37)46-27-31-11-15-33-7-3-5-9-35(33)23-31/h2-17,22-24,37,39-40H,18-21,25-27H2,1H3/t37-,39+/m1/s1. The molecule has 7 heteroatoms. The molecule has 1 saturated heterocycles. The largest absolute Gasteiger partial charge is 0.372 e. The monoisotopic (exact) mass is 609 g/mol. The average Bonchev–Trinajstić information content (AvgIpc) is 3.57. The molecule has 6 aromatic rings. The van der Waals surface area contributed by atoms with Crippen LogP contribution in [0.4, 0.5) is 5.69 Å². The summed E-state index contributed by atoms with van der Waals surface area (Å²) in [6.07, 6.45) is 3.73. The predicted molar refractivity (Wildman–Crippen MR) is 184 cm³/mol. The Labute approximate surface area is 269 Å². The van der Waals surface area contributed by atoms with E-state index in [1.54, 1.807) is 6.92 Å². The van der Waals surface area contributed by atoms with Gasteiger partial charge in [-0.15, -0.1) is 5.10 Å². The summed E-state index contributed by atoms with van der Waals surface area (Å²) in [5.74, 6) is 0.242. The number of benzene rings is 5. The first kappa shape index (κ1) is 29.8. The van der Waals surface area contributed by atoms with Crippen molar-refractivity contribution in [3.63, 3.8) is 0 Å². The maximum atomic E-state index is 12.7. The Kier molecular flexibility index (Phi) is 8.85. The van der Waals surface area contributed by atoms with Crippen molar-refractivity contribution < 1.29 is 9.53 Å². The molecule has 7 rings (SSSR count). The molecule has 232 valence electrons. The highest BCUT2D eigenvalue weighted by Crippen LogP contribution is 2.29. The van der Waals surface area contributed by atoms with Crippen LogP contribution in [0.3, 0.4) is 0 Å². The molecule has 0 saturated carbocycles. The summed E-state index contributed by atoms with van der Waals surface area (Å²) in [6, 6.07) is 38.0. The van der Waals surface area contributed by atoms with Crippen molar-refractivity contribution >= 4 is 33.1 Å². The number of aryl methyl sites for hydroxylation is 2. The Morgan fingerprint density at radius 3 is 2.22 bits per heavy atom. The summed E-state index contributed by atoms with van der Waals surface area (Å²) in [5.41, 5.74) is 5.49. The zero-order valence-electron chi connectivity index (χ0n) is 26.2. The van der Waals surface area contributed by atoms with E-state index in [0.717, 1.165) is 49.4 Å². The van der Waals surface area contributed by atoms with Gasteiger partial charge < -0.3 is 15.0 Å². The molecule has 0 spiro atoms. The maximum Gasteiger partial charge on any atom is 0.224 e. The average molecular weight is 610 g/mol. The number of aromatic nitrogens is 3. The topological polar surface area (TPSA) is 72.3 Å². The first-order valence-corrected chi connectivity index (χ1v) is 16.1. The van der Waals surface area contributed by atoms with Gasteiger partial charge in [0.2, 0.25) is 5.91 Å². The first-order valence-electron chi connectivity index (χ1n) is 16.1. The minimum Gasteiger partial charge on any atom is -0.372 e. The molecular weight excluding hydrogens is 570 g/mol. The molecule has 46 heavy (non-hydrogen) atoms. The van der Waals surface area contributed by atoms with Crippen LogP contribution in [0.1, 0.15) is 41.6 Å². The molecule has 1 N–H and O–H groups in total. The SMILES string of the molecule is CC(=O)N(Cc1ccc2ccccc2c1)c1ccc(CCn2nncc2[C@H]2CCNC[C@@H]2OCc2ccc3ccccc3c2)cc1. The van der Waals surface area contributed by atoms with Gasteiger partial charge in [0.15, 0.2) is 0 Å². The van der Waals surface area contributed by atoms with Crippen molar-refractivity contribution in [2.24, 2.45) is 0 Å². The van der Waals surface area contributed by atoms with E-state index in [1.807, 2.05) is 40.0 Å². The van der Waals surface area contributed by atoms with Crippen molar-refractivity contribution in [1.82, 2.24) is 20.3 Å². The Morgan fingerprint density at radius 2 is 1.50 bits per heavy atom. The van der Waals surface area contributed by atoms with Gasteiger partial charge >= 0.3 is 0 Å². The lowest BCUT2D eigenvalue weighted by Crippen LogP contribution is -2.41. The number of amides is 1. The molecule has 7 nitrogen and oxygen atoms in total. The van der Waals surface area contributed by atoms with Crippen molar-refractivity contribution in [3.8, 4) is 0 Å². The number of carbonyl (C=O) groups excluding carboxylic acids is 1. The van der Waals surface area contributed by atoms with E-state index < -0.39 is 0 Å². The van der Waals surface area contributed by atoms with E-state index in [2.05, 4.69) is 101 Å². The number of anilines is 1.